The molecule has 0 heterocycles. The molecule has 1 aromatic rings. The molecule has 0 fully saturated rings. The Morgan fingerprint density at radius 2 is 1.79 bits per heavy atom. The molecule has 14 heavy (non-hydrogen) atoms. The quantitative estimate of drug-likeness (QED) is 0.556. The van der Waals surface area contributed by atoms with Gasteiger partial charge in [-0.05, 0) is 26.0 Å². The Morgan fingerprint density at radius 3 is 2.21 bits per heavy atom. The predicted octanol–water partition coefficient (Wildman–Crippen LogP) is 0.965. The summed E-state index contributed by atoms with van der Waals surface area (Å²) in [5.41, 5.74) is -1.30. The smallest absolute Gasteiger partial charge is 0.197 e. The summed E-state index contributed by atoms with van der Waals surface area (Å²) in [4.78, 5) is 11.5. The third-order valence-corrected chi connectivity index (χ3v) is 1.70. The van der Waals surface area contributed by atoms with Crippen LogP contribution in [0.25, 0.3) is 0 Å². The average molecular weight is 203 g/mol. The van der Waals surface area contributed by atoms with Crippen LogP contribution in [-0.4, -0.2) is 51.2 Å². The SMILES string of the molecule is CC(C)(O)C(=O)c1ccccc1O.[Na]. The molecule has 0 aliphatic rings. The second kappa shape index (κ2) is 4.94. The van der Waals surface area contributed by atoms with Gasteiger partial charge in [-0.3, -0.25) is 4.79 Å². The first kappa shape index (κ1) is 13.7. The summed E-state index contributed by atoms with van der Waals surface area (Å²) in [5, 5.41) is 18.7. The molecule has 4 heteroatoms. The van der Waals surface area contributed by atoms with Crippen molar-refractivity contribution in [2.75, 3.05) is 0 Å². The number of aromatic hydroxyl groups is 1. The van der Waals surface area contributed by atoms with Gasteiger partial charge in [0.25, 0.3) is 0 Å². The molecular formula is C10H12NaO3. The van der Waals surface area contributed by atoms with Crippen molar-refractivity contribution < 1.29 is 15.0 Å². The number of carbonyl (C=O) groups is 1. The number of hydrogen-bond donors (Lipinski definition) is 2. The molecule has 0 amide bonds. The first-order valence-electron chi connectivity index (χ1n) is 3.98. The molecule has 2 N–H and O–H groups in total. The number of phenols is 1. The fourth-order valence-electron chi connectivity index (χ4n) is 0.995. The van der Waals surface area contributed by atoms with Crippen LogP contribution in [-0.2, 0) is 0 Å². The Bertz CT molecular complexity index is 328. The molecule has 0 saturated heterocycles. The normalized spacial score (nSPS) is 10.5. The zero-order valence-electron chi connectivity index (χ0n) is 8.61. The van der Waals surface area contributed by atoms with Crippen molar-refractivity contribution in [3.63, 3.8) is 0 Å². The van der Waals surface area contributed by atoms with Crippen LogP contribution in [0.2, 0.25) is 0 Å². The van der Waals surface area contributed by atoms with Gasteiger partial charge in [0.2, 0.25) is 0 Å². The van der Waals surface area contributed by atoms with E-state index in [0.29, 0.717) is 0 Å². The monoisotopic (exact) mass is 203 g/mol. The number of ketones is 1. The maximum atomic E-state index is 11.5. The van der Waals surface area contributed by atoms with Crippen molar-refractivity contribution in [3.05, 3.63) is 29.8 Å². The largest absolute Gasteiger partial charge is 0.507 e. The zero-order valence-corrected chi connectivity index (χ0v) is 10.6. The maximum absolute atomic E-state index is 11.5. The minimum absolute atomic E-state index is 0. The van der Waals surface area contributed by atoms with Crippen LogP contribution in [0.5, 0.6) is 5.75 Å². The first-order valence-corrected chi connectivity index (χ1v) is 3.98. The number of hydrogen-bond acceptors (Lipinski definition) is 3. The number of rotatable bonds is 2. The molecule has 3 nitrogen and oxygen atoms in total. The van der Waals surface area contributed by atoms with Gasteiger partial charge in [-0.25, -0.2) is 0 Å². The average Bonchev–Trinajstić information content (AvgIpc) is 2.02. The van der Waals surface area contributed by atoms with Crippen LogP contribution < -0.4 is 0 Å². The van der Waals surface area contributed by atoms with Crippen LogP contribution in [0.1, 0.15) is 24.2 Å². The molecule has 0 atom stereocenters. The molecule has 71 valence electrons. The number of phenolic OH excluding ortho intramolecular Hbond substituents is 1. The Hall–Kier alpha value is -0.350. The van der Waals surface area contributed by atoms with E-state index in [2.05, 4.69) is 0 Å². The predicted molar refractivity (Wildman–Crippen MR) is 54.5 cm³/mol. The number of Topliss-reactive ketones (excluding diaryl/α,β-unsaturated/α-hetero) is 1. The second-order valence-corrected chi connectivity index (χ2v) is 3.41. The van der Waals surface area contributed by atoms with E-state index in [9.17, 15) is 15.0 Å². The molecule has 1 rings (SSSR count). The summed E-state index contributed by atoms with van der Waals surface area (Å²) >= 11 is 0. The van der Waals surface area contributed by atoms with Crippen molar-refractivity contribution in [1.29, 1.82) is 0 Å². The maximum Gasteiger partial charge on any atom is 0.197 e. The molecule has 0 aliphatic heterocycles. The molecule has 0 aliphatic carbocycles. The van der Waals surface area contributed by atoms with Crippen LogP contribution in [0, 0.1) is 0 Å². The van der Waals surface area contributed by atoms with Gasteiger partial charge >= 0.3 is 0 Å². The summed E-state index contributed by atoms with van der Waals surface area (Å²) in [5.74, 6) is -0.583. The van der Waals surface area contributed by atoms with E-state index in [4.69, 9.17) is 0 Å². The molecule has 0 bridgehead atoms. The number of carbonyl (C=O) groups excluding carboxylic acids is 1. The van der Waals surface area contributed by atoms with Gasteiger partial charge in [0.05, 0.1) is 5.56 Å². The van der Waals surface area contributed by atoms with E-state index in [1.165, 1.54) is 26.0 Å². The Kier molecular flexibility index (Phi) is 4.81. The van der Waals surface area contributed by atoms with E-state index in [1.807, 2.05) is 0 Å². The molecule has 0 saturated carbocycles. The van der Waals surface area contributed by atoms with Crippen LogP contribution in [0.4, 0.5) is 0 Å². The van der Waals surface area contributed by atoms with Gasteiger partial charge in [0.1, 0.15) is 11.4 Å². The zero-order chi connectivity index (χ0) is 10.1. The van der Waals surface area contributed by atoms with Crippen LogP contribution >= 0.6 is 0 Å². The minimum atomic E-state index is -1.45. The standard InChI is InChI=1S/C10H12O3.Na/c1-10(2,13)9(12)7-5-3-4-6-8(7)11;/h3-6,11,13H,1-2H3;. The van der Waals surface area contributed by atoms with E-state index < -0.39 is 11.4 Å². The van der Waals surface area contributed by atoms with Gasteiger partial charge in [-0.2, -0.15) is 0 Å². The Balaban J connectivity index is 0.00000169. The van der Waals surface area contributed by atoms with Gasteiger partial charge in [-0.1, -0.05) is 12.1 Å². The topological polar surface area (TPSA) is 57.5 Å². The van der Waals surface area contributed by atoms with Crippen LogP contribution in [0.3, 0.4) is 0 Å². The third kappa shape index (κ3) is 3.10. The van der Waals surface area contributed by atoms with Crippen molar-refractivity contribution in [3.8, 4) is 5.75 Å². The van der Waals surface area contributed by atoms with E-state index in [0.717, 1.165) is 0 Å². The van der Waals surface area contributed by atoms with Gasteiger partial charge in [0, 0.05) is 29.6 Å². The summed E-state index contributed by atoms with van der Waals surface area (Å²) in [6.07, 6.45) is 0. The van der Waals surface area contributed by atoms with Gasteiger partial charge in [0.15, 0.2) is 5.78 Å². The van der Waals surface area contributed by atoms with E-state index >= 15 is 0 Å². The molecule has 1 aromatic carbocycles. The molecule has 0 unspecified atom stereocenters. The summed E-state index contributed by atoms with van der Waals surface area (Å²) < 4.78 is 0. The third-order valence-electron chi connectivity index (χ3n) is 1.70. The first-order chi connectivity index (χ1) is 5.93. The minimum Gasteiger partial charge on any atom is -0.507 e. The fraction of sp³-hybridized carbons (Fsp3) is 0.300. The summed E-state index contributed by atoms with van der Waals surface area (Å²) in [7, 11) is 0. The summed E-state index contributed by atoms with van der Waals surface area (Å²) in [6, 6.07) is 6.16. The number of para-hydroxylation sites is 1. The number of benzene rings is 1. The van der Waals surface area contributed by atoms with Crippen molar-refractivity contribution >= 4 is 35.3 Å². The Labute approximate surface area is 105 Å². The Morgan fingerprint density at radius 1 is 1.29 bits per heavy atom. The van der Waals surface area contributed by atoms with Crippen molar-refractivity contribution in [2.24, 2.45) is 0 Å². The van der Waals surface area contributed by atoms with E-state index in [-0.39, 0.29) is 40.9 Å². The molecule has 0 aromatic heterocycles. The van der Waals surface area contributed by atoms with Crippen molar-refractivity contribution in [2.45, 2.75) is 19.4 Å². The van der Waals surface area contributed by atoms with Gasteiger partial charge < -0.3 is 10.2 Å². The molecule has 1 radical (unpaired) electrons. The molecule has 0 spiro atoms. The van der Waals surface area contributed by atoms with E-state index in [1.54, 1.807) is 12.1 Å². The summed E-state index contributed by atoms with van der Waals surface area (Å²) in [6.45, 7) is 2.78. The van der Waals surface area contributed by atoms with Crippen molar-refractivity contribution in [1.82, 2.24) is 0 Å². The fourth-order valence-corrected chi connectivity index (χ4v) is 0.995. The molecular weight excluding hydrogens is 191 g/mol. The van der Waals surface area contributed by atoms with Gasteiger partial charge in [-0.15, -0.1) is 0 Å². The second-order valence-electron chi connectivity index (χ2n) is 3.41. The van der Waals surface area contributed by atoms with Crippen LogP contribution in [0.15, 0.2) is 24.3 Å². The number of aliphatic hydroxyl groups is 1.